The van der Waals surface area contributed by atoms with E-state index in [-0.39, 0.29) is 12.1 Å². The molecular formula is C10H12NO2. The number of nitrogens with one attached hydrogen (secondary N) is 1. The van der Waals surface area contributed by atoms with Gasteiger partial charge in [-0.3, -0.25) is 4.79 Å². The molecule has 0 aromatic heterocycles. The second-order valence-electron chi connectivity index (χ2n) is 3.15. The highest BCUT2D eigenvalue weighted by molar-refractivity contribution is 5.95. The summed E-state index contributed by atoms with van der Waals surface area (Å²) >= 11 is 0. The van der Waals surface area contributed by atoms with E-state index in [0.717, 1.165) is 19.4 Å². The molecule has 2 aliphatic rings. The smallest absolute Gasteiger partial charge is 0.229 e. The Morgan fingerprint density at radius 2 is 2.23 bits per heavy atom. The molecule has 13 heavy (non-hydrogen) atoms. The van der Waals surface area contributed by atoms with Gasteiger partial charge >= 0.3 is 0 Å². The molecule has 0 aromatic rings. The molecule has 1 atom stereocenters. The maximum absolute atomic E-state index is 11.5. The number of amides is 1. The maximum atomic E-state index is 11.5. The van der Waals surface area contributed by atoms with E-state index < -0.39 is 0 Å². The molecule has 1 aliphatic carbocycles. The van der Waals surface area contributed by atoms with Crippen LogP contribution in [0.25, 0.3) is 0 Å². The van der Waals surface area contributed by atoms with Crippen LogP contribution in [0.5, 0.6) is 0 Å². The summed E-state index contributed by atoms with van der Waals surface area (Å²) in [4.78, 5) is 11.5. The predicted molar refractivity (Wildman–Crippen MR) is 47.6 cm³/mol. The average molecular weight is 178 g/mol. The summed E-state index contributed by atoms with van der Waals surface area (Å²) in [6.07, 6.45) is 9.17. The second kappa shape index (κ2) is 4.09. The Morgan fingerprint density at radius 1 is 1.46 bits per heavy atom. The Balaban J connectivity index is 1.76. The number of hydrogen-bond acceptors (Lipinski definition) is 2. The van der Waals surface area contributed by atoms with E-state index in [1.807, 2.05) is 12.8 Å². The molecule has 2 fully saturated rings. The summed E-state index contributed by atoms with van der Waals surface area (Å²) in [6, 6.07) is 0. The average Bonchev–Trinajstić information content (AvgIpc) is 2.74. The predicted octanol–water partition coefficient (Wildman–Crippen LogP) is 0.644. The molecule has 1 unspecified atom stereocenters. The Hall–Kier alpha value is -0.570. The van der Waals surface area contributed by atoms with Crippen molar-refractivity contribution in [3.05, 3.63) is 31.6 Å². The van der Waals surface area contributed by atoms with Gasteiger partial charge in [0.1, 0.15) is 6.23 Å². The standard InChI is InChI=1S/C10H12NO2/c12-10(8-4-1-2-5-8)11-9-6-3-7-13-9/h1-2,4-5,9H,3,6-7H2,(H,11,12). The quantitative estimate of drug-likeness (QED) is 0.674. The molecule has 0 spiro atoms. The van der Waals surface area contributed by atoms with Crippen molar-refractivity contribution in [3.63, 3.8) is 0 Å². The monoisotopic (exact) mass is 178 g/mol. The van der Waals surface area contributed by atoms with Gasteiger partial charge in [0, 0.05) is 6.61 Å². The summed E-state index contributed by atoms with van der Waals surface area (Å²) < 4.78 is 5.29. The van der Waals surface area contributed by atoms with Crippen molar-refractivity contribution in [1.29, 1.82) is 0 Å². The van der Waals surface area contributed by atoms with Crippen LogP contribution in [0.4, 0.5) is 0 Å². The van der Waals surface area contributed by atoms with Gasteiger partial charge < -0.3 is 10.1 Å². The summed E-state index contributed by atoms with van der Waals surface area (Å²) in [5.74, 6) is 0.660. The van der Waals surface area contributed by atoms with Crippen molar-refractivity contribution in [3.8, 4) is 0 Å². The maximum Gasteiger partial charge on any atom is 0.229 e. The van der Waals surface area contributed by atoms with Gasteiger partial charge in [0.2, 0.25) is 5.91 Å². The number of ether oxygens (including phenoxy) is 1. The number of rotatable bonds is 2. The van der Waals surface area contributed by atoms with Crippen LogP contribution in [0.2, 0.25) is 0 Å². The van der Waals surface area contributed by atoms with E-state index in [1.165, 1.54) is 0 Å². The molecule has 5 radical (unpaired) electrons. The Morgan fingerprint density at radius 3 is 2.85 bits per heavy atom. The largest absolute Gasteiger partial charge is 0.359 e. The highest BCUT2D eigenvalue weighted by Crippen LogP contribution is 2.23. The molecular weight excluding hydrogens is 166 g/mol. The molecule has 1 heterocycles. The number of carbonyl (C=O) groups excluding carboxylic acids is 1. The van der Waals surface area contributed by atoms with Crippen LogP contribution in [0.1, 0.15) is 12.8 Å². The topological polar surface area (TPSA) is 38.3 Å². The van der Waals surface area contributed by atoms with Crippen molar-refractivity contribution in [2.75, 3.05) is 6.61 Å². The molecule has 1 saturated carbocycles. The van der Waals surface area contributed by atoms with Crippen molar-refractivity contribution in [2.24, 2.45) is 0 Å². The van der Waals surface area contributed by atoms with E-state index in [1.54, 1.807) is 12.8 Å². The fourth-order valence-corrected chi connectivity index (χ4v) is 1.45. The van der Waals surface area contributed by atoms with E-state index in [0.29, 0.717) is 5.92 Å². The lowest BCUT2D eigenvalue weighted by molar-refractivity contribution is -0.121. The minimum Gasteiger partial charge on any atom is -0.359 e. The van der Waals surface area contributed by atoms with Crippen LogP contribution >= 0.6 is 0 Å². The molecule has 69 valence electrons. The highest BCUT2D eigenvalue weighted by Gasteiger charge is 2.27. The summed E-state index contributed by atoms with van der Waals surface area (Å²) in [5, 5.41) is 2.82. The first-order chi connectivity index (χ1) is 6.36. The molecule has 3 heteroatoms. The lowest BCUT2D eigenvalue weighted by Gasteiger charge is -2.14. The second-order valence-corrected chi connectivity index (χ2v) is 3.15. The summed E-state index contributed by atoms with van der Waals surface area (Å²) in [6.45, 7) is 0.756. The zero-order valence-electron chi connectivity index (χ0n) is 7.32. The Labute approximate surface area is 78.8 Å². The lowest BCUT2D eigenvalue weighted by atomic mass is 10.1. The van der Waals surface area contributed by atoms with Crippen LogP contribution in [-0.4, -0.2) is 18.7 Å². The van der Waals surface area contributed by atoms with Crippen LogP contribution in [-0.2, 0) is 9.53 Å². The zero-order valence-corrected chi connectivity index (χ0v) is 7.32. The fraction of sp³-hybridized carbons (Fsp3) is 0.400. The molecule has 1 saturated heterocycles. The number of hydrogen-bond donors (Lipinski definition) is 1. The molecule has 3 nitrogen and oxygen atoms in total. The van der Waals surface area contributed by atoms with Gasteiger partial charge in [0.05, 0.1) is 5.92 Å². The normalized spacial score (nSPS) is 29.4. The summed E-state index contributed by atoms with van der Waals surface area (Å²) in [7, 11) is 0. The third-order valence-electron chi connectivity index (χ3n) is 2.15. The van der Waals surface area contributed by atoms with Crippen LogP contribution < -0.4 is 5.32 Å². The van der Waals surface area contributed by atoms with Crippen LogP contribution in [0, 0.1) is 31.6 Å². The van der Waals surface area contributed by atoms with Crippen LogP contribution in [0.15, 0.2) is 0 Å². The van der Waals surface area contributed by atoms with Gasteiger partial charge in [-0.2, -0.15) is 0 Å². The third kappa shape index (κ3) is 2.21. The van der Waals surface area contributed by atoms with Gasteiger partial charge in [0.15, 0.2) is 0 Å². The molecule has 2 rings (SSSR count). The molecule has 0 bridgehead atoms. The van der Waals surface area contributed by atoms with E-state index in [9.17, 15) is 4.79 Å². The van der Waals surface area contributed by atoms with Gasteiger partial charge in [-0.1, -0.05) is 0 Å². The van der Waals surface area contributed by atoms with Crippen LogP contribution in [0.3, 0.4) is 0 Å². The molecule has 0 aromatic carbocycles. The fourth-order valence-electron chi connectivity index (χ4n) is 1.45. The van der Waals surface area contributed by atoms with Crippen molar-refractivity contribution in [1.82, 2.24) is 5.32 Å². The van der Waals surface area contributed by atoms with Gasteiger partial charge in [-0.25, -0.2) is 0 Å². The van der Waals surface area contributed by atoms with Gasteiger partial charge in [-0.15, -0.1) is 0 Å². The first-order valence-corrected chi connectivity index (χ1v) is 4.50. The van der Waals surface area contributed by atoms with E-state index in [2.05, 4.69) is 5.32 Å². The van der Waals surface area contributed by atoms with Gasteiger partial charge in [0.25, 0.3) is 0 Å². The zero-order chi connectivity index (χ0) is 9.10. The molecule has 1 N–H and O–H groups in total. The van der Waals surface area contributed by atoms with E-state index in [4.69, 9.17) is 4.74 Å². The van der Waals surface area contributed by atoms with Crippen molar-refractivity contribution >= 4 is 5.91 Å². The minimum atomic E-state index is -0.0811. The first kappa shape index (κ1) is 9.00. The molecule has 1 amide bonds. The lowest BCUT2D eigenvalue weighted by Crippen LogP contribution is -2.37. The minimum absolute atomic E-state index is 0.0445. The van der Waals surface area contributed by atoms with E-state index >= 15 is 0 Å². The Kier molecular flexibility index (Phi) is 2.83. The molecule has 1 aliphatic heterocycles. The van der Waals surface area contributed by atoms with Gasteiger partial charge in [-0.05, 0) is 38.5 Å². The SMILES string of the molecule is O=C(NC1CCCO1)[C]1[CH][CH][CH][CH]1. The van der Waals surface area contributed by atoms with Crippen molar-refractivity contribution < 1.29 is 9.53 Å². The third-order valence-corrected chi connectivity index (χ3v) is 2.15. The number of carbonyl (C=O) groups is 1. The Bertz CT molecular complexity index is 181. The first-order valence-electron chi connectivity index (χ1n) is 4.50. The summed E-state index contributed by atoms with van der Waals surface area (Å²) in [5.41, 5.74) is 0. The highest BCUT2D eigenvalue weighted by atomic mass is 16.5. The van der Waals surface area contributed by atoms with Crippen molar-refractivity contribution in [2.45, 2.75) is 19.1 Å².